The zero-order valence-electron chi connectivity index (χ0n) is 11.0. The fourth-order valence-electron chi connectivity index (χ4n) is 3.38. The average molecular weight is 248 g/mol. The van der Waals surface area contributed by atoms with E-state index in [1.807, 2.05) is 12.1 Å². The van der Waals surface area contributed by atoms with Crippen LogP contribution in [0.5, 0.6) is 0 Å². The lowest BCUT2D eigenvalue weighted by molar-refractivity contribution is 0.276. The first-order valence-electron chi connectivity index (χ1n) is 6.96. The molecule has 1 atom stereocenters. The van der Waals surface area contributed by atoms with E-state index in [9.17, 15) is 4.39 Å². The molecule has 1 aromatic carbocycles. The van der Waals surface area contributed by atoms with E-state index in [1.54, 1.807) is 12.1 Å². The zero-order valence-corrected chi connectivity index (χ0v) is 11.0. The van der Waals surface area contributed by atoms with Crippen molar-refractivity contribution in [2.24, 2.45) is 0 Å². The maximum Gasteiger partial charge on any atom is 0.123 e. The lowest BCUT2D eigenvalue weighted by Crippen LogP contribution is -2.62. The summed E-state index contributed by atoms with van der Waals surface area (Å²) >= 11 is 0. The van der Waals surface area contributed by atoms with Crippen molar-refractivity contribution in [3.8, 4) is 0 Å². The Bertz CT molecular complexity index is 409. The number of nitrogens with one attached hydrogen (secondary N) is 1. The molecule has 1 saturated carbocycles. The summed E-state index contributed by atoms with van der Waals surface area (Å²) in [6.45, 7) is 4.31. The third kappa shape index (κ3) is 2.12. The maximum absolute atomic E-state index is 13.0. The Morgan fingerprint density at radius 1 is 1.22 bits per heavy atom. The highest BCUT2D eigenvalue weighted by Gasteiger charge is 2.39. The third-order valence-electron chi connectivity index (χ3n) is 4.50. The molecule has 1 aromatic rings. The van der Waals surface area contributed by atoms with Gasteiger partial charge in [-0.2, -0.15) is 0 Å². The van der Waals surface area contributed by atoms with Gasteiger partial charge in [0.2, 0.25) is 0 Å². The zero-order chi connectivity index (χ0) is 12.6. The van der Waals surface area contributed by atoms with Gasteiger partial charge in [-0.25, -0.2) is 4.39 Å². The van der Waals surface area contributed by atoms with Crippen LogP contribution in [0, 0.1) is 5.82 Å². The number of hydrogen-bond acceptors (Lipinski definition) is 2. The Kier molecular flexibility index (Phi) is 3.02. The quantitative estimate of drug-likeness (QED) is 0.822. The molecule has 3 heteroatoms. The van der Waals surface area contributed by atoms with Gasteiger partial charge in [-0.05, 0) is 44.0 Å². The molecular weight excluding hydrogens is 227 g/mol. The maximum atomic E-state index is 13.0. The van der Waals surface area contributed by atoms with Crippen LogP contribution < -0.4 is 10.2 Å². The summed E-state index contributed by atoms with van der Waals surface area (Å²) in [6.07, 6.45) is 5.21. The van der Waals surface area contributed by atoms with Crippen LogP contribution in [0.4, 0.5) is 10.1 Å². The van der Waals surface area contributed by atoms with E-state index in [-0.39, 0.29) is 5.82 Å². The summed E-state index contributed by atoms with van der Waals surface area (Å²) in [5.41, 5.74) is 1.46. The third-order valence-corrected chi connectivity index (χ3v) is 4.50. The second-order valence-electron chi connectivity index (χ2n) is 5.82. The number of nitrogens with zero attached hydrogens (tertiary/aromatic N) is 1. The van der Waals surface area contributed by atoms with Crippen molar-refractivity contribution in [1.82, 2.24) is 5.32 Å². The summed E-state index contributed by atoms with van der Waals surface area (Å²) in [4.78, 5) is 2.43. The number of rotatable bonds is 1. The Morgan fingerprint density at radius 3 is 2.56 bits per heavy atom. The molecular formula is C15H21FN2. The van der Waals surface area contributed by atoms with E-state index in [1.165, 1.54) is 25.7 Å². The van der Waals surface area contributed by atoms with Gasteiger partial charge in [0.05, 0.1) is 0 Å². The first kappa shape index (κ1) is 12.0. The fourth-order valence-corrected chi connectivity index (χ4v) is 3.38. The second kappa shape index (κ2) is 4.54. The van der Waals surface area contributed by atoms with Crippen molar-refractivity contribution < 1.29 is 4.39 Å². The van der Waals surface area contributed by atoms with Gasteiger partial charge in [-0.15, -0.1) is 0 Å². The van der Waals surface area contributed by atoms with Gasteiger partial charge in [0.15, 0.2) is 0 Å². The molecule has 3 rings (SSSR count). The van der Waals surface area contributed by atoms with Crippen molar-refractivity contribution in [3.63, 3.8) is 0 Å². The molecule has 0 bridgehead atoms. The van der Waals surface area contributed by atoms with E-state index in [0.29, 0.717) is 11.6 Å². The summed E-state index contributed by atoms with van der Waals surface area (Å²) < 4.78 is 13.0. The molecule has 1 unspecified atom stereocenters. The standard InChI is InChI=1S/C15H21FN2/c1-12-10-17-15(8-2-3-9-15)11-18(12)14-6-4-13(16)5-7-14/h4-7,12,17H,2-3,8-11H2,1H3. The molecule has 0 radical (unpaired) electrons. The van der Waals surface area contributed by atoms with Crippen LogP contribution in [-0.2, 0) is 0 Å². The number of halogens is 1. The van der Waals surface area contributed by atoms with Crippen molar-refractivity contribution in [2.75, 3.05) is 18.0 Å². The van der Waals surface area contributed by atoms with Crippen molar-refractivity contribution in [3.05, 3.63) is 30.1 Å². The summed E-state index contributed by atoms with van der Waals surface area (Å²) in [7, 11) is 0. The van der Waals surface area contributed by atoms with Gasteiger partial charge >= 0.3 is 0 Å². The fraction of sp³-hybridized carbons (Fsp3) is 0.600. The highest BCUT2D eigenvalue weighted by Crippen LogP contribution is 2.34. The average Bonchev–Trinajstić information content (AvgIpc) is 2.82. The van der Waals surface area contributed by atoms with E-state index >= 15 is 0 Å². The van der Waals surface area contributed by atoms with Gasteiger partial charge in [0, 0.05) is 30.4 Å². The number of benzene rings is 1. The molecule has 1 aliphatic heterocycles. The van der Waals surface area contributed by atoms with Crippen LogP contribution in [-0.4, -0.2) is 24.7 Å². The predicted molar refractivity (Wildman–Crippen MR) is 72.4 cm³/mol. The van der Waals surface area contributed by atoms with Crippen LogP contribution in [0.25, 0.3) is 0 Å². The second-order valence-corrected chi connectivity index (χ2v) is 5.82. The molecule has 2 nitrogen and oxygen atoms in total. The highest BCUT2D eigenvalue weighted by molar-refractivity contribution is 5.48. The summed E-state index contributed by atoms with van der Waals surface area (Å²) in [5, 5.41) is 3.74. The van der Waals surface area contributed by atoms with Crippen LogP contribution in [0.1, 0.15) is 32.6 Å². The summed E-state index contributed by atoms with van der Waals surface area (Å²) in [5.74, 6) is -0.155. The lowest BCUT2D eigenvalue weighted by atomic mass is 9.92. The Labute approximate surface area is 108 Å². The molecule has 2 fully saturated rings. The molecule has 0 aromatic heterocycles. The van der Waals surface area contributed by atoms with Crippen molar-refractivity contribution in [2.45, 2.75) is 44.2 Å². The first-order chi connectivity index (χ1) is 8.69. The van der Waals surface area contributed by atoms with Gasteiger partial charge in [0.1, 0.15) is 5.82 Å². The molecule has 98 valence electrons. The molecule has 2 aliphatic rings. The minimum absolute atomic E-state index is 0.155. The molecule has 18 heavy (non-hydrogen) atoms. The molecule has 1 aliphatic carbocycles. The Morgan fingerprint density at radius 2 is 1.89 bits per heavy atom. The van der Waals surface area contributed by atoms with Gasteiger partial charge in [0.25, 0.3) is 0 Å². The lowest BCUT2D eigenvalue weighted by Gasteiger charge is -2.46. The minimum atomic E-state index is -0.155. The number of hydrogen-bond donors (Lipinski definition) is 1. The monoisotopic (exact) mass is 248 g/mol. The summed E-state index contributed by atoms with van der Waals surface area (Å²) in [6, 6.07) is 7.40. The largest absolute Gasteiger partial charge is 0.366 e. The SMILES string of the molecule is CC1CNC2(CCCC2)CN1c1ccc(F)cc1. The minimum Gasteiger partial charge on any atom is -0.366 e. The van der Waals surface area contributed by atoms with E-state index in [4.69, 9.17) is 0 Å². The smallest absolute Gasteiger partial charge is 0.123 e. The number of piperazine rings is 1. The number of anilines is 1. The van der Waals surface area contributed by atoms with Gasteiger partial charge < -0.3 is 10.2 Å². The van der Waals surface area contributed by atoms with E-state index in [0.717, 1.165) is 18.8 Å². The predicted octanol–water partition coefficient (Wildman–Crippen LogP) is 2.94. The Balaban J connectivity index is 1.82. The van der Waals surface area contributed by atoms with E-state index < -0.39 is 0 Å². The first-order valence-corrected chi connectivity index (χ1v) is 6.96. The highest BCUT2D eigenvalue weighted by atomic mass is 19.1. The normalized spacial score (nSPS) is 26.8. The molecule has 1 heterocycles. The van der Waals surface area contributed by atoms with Crippen LogP contribution in [0.15, 0.2) is 24.3 Å². The topological polar surface area (TPSA) is 15.3 Å². The van der Waals surface area contributed by atoms with Crippen LogP contribution >= 0.6 is 0 Å². The molecule has 1 N–H and O–H groups in total. The van der Waals surface area contributed by atoms with E-state index in [2.05, 4.69) is 17.1 Å². The van der Waals surface area contributed by atoms with Crippen molar-refractivity contribution in [1.29, 1.82) is 0 Å². The van der Waals surface area contributed by atoms with Crippen LogP contribution in [0.2, 0.25) is 0 Å². The van der Waals surface area contributed by atoms with Crippen molar-refractivity contribution >= 4 is 5.69 Å². The Hall–Kier alpha value is -1.09. The molecule has 0 amide bonds. The molecule has 1 spiro atoms. The van der Waals surface area contributed by atoms with Crippen LogP contribution in [0.3, 0.4) is 0 Å². The molecule has 1 saturated heterocycles. The van der Waals surface area contributed by atoms with Gasteiger partial charge in [-0.3, -0.25) is 0 Å². The van der Waals surface area contributed by atoms with Gasteiger partial charge in [-0.1, -0.05) is 12.8 Å².